The number of likely N-dealkylation sites (tertiary alicyclic amines) is 1. The standard InChI is InChI=1S/C15H19N5O3/c1-9(2)16-15(23)19-6-5-10(7-19)13-18-17-12-4-3-11(14(21)22)8-20(12)13/h3-4,8-10H,5-7H2,1-2H3,(H,16,23)(H,21,22)/t10-/m1/s1. The molecule has 3 rings (SSSR count). The molecule has 0 saturated carbocycles. The van der Waals surface area contributed by atoms with Crippen molar-refractivity contribution in [2.24, 2.45) is 0 Å². The number of hydrogen-bond donors (Lipinski definition) is 2. The van der Waals surface area contributed by atoms with Crippen LogP contribution in [0.1, 0.15) is 42.4 Å². The molecule has 8 heteroatoms. The highest BCUT2D eigenvalue weighted by Gasteiger charge is 2.30. The minimum Gasteiger partial charge on any atom is -0.478 e. The van der Waals surface area contributed by atoms with E-state index in [4.69, 9.17) is 5.11 Å². The van der Waals surface area contributed by atoms with Gasteiger partial charge in [-0.2, -0.15) is 0 Å². The fraction of sp³-hybridized carbons (Fsp3) is 0.467. The quantitative estimate of drug-likeness (QED) is 0.889. The highest BCUT2D eigenvalue weighted by molar-refractivity contribution is 5.87. The van der Waals surface area contributed by atoms with Crippen LogP contribution in [0, 0.1) is 0 Å². The lowest BCUT2D eigenvalue weighted by Gasteiger charge is -2.18. The minimum atomic E-state index is -0.990. The van der Waals surface area contributed by atoms with Crippen molar-refractivity contribution in [1.82, 2.24) is 24.8 Å². The topological polar surface area (TPSA) is 99.8 Å². The average molecular weight is 317 g/mol. The van der Waals surface area contributed by atoms with Crippen molar-refractivity contribution in [2.45, 2.75) is 32.2 Å². The van der Waals surface area contributed by atoms with Gasteiger partial charge in [-0.25, -0.2) is 9.59 Å². The summed E-state index contributed by atoms with van der Waals surface area (Å²) in [5, 5.41) is 20.3. The first kappa shape index (κ1) is 15.3. The molecule has 8 nitrogen and oxygen atoms in total. The summed E-state index contributed by atoms with van der Waals surface area (Å²) in [4.78, 5) is 25.0. The predicted octanol–water partition coefficient (Wildman–Crippen LogP) is 1.33. The number of carbonyl (C=O) groups is 2. The molecule has 1 fully saturated rings. The molecule has 0 bridgehead atoms. The molecule has 1 aliphatic heterocycles. The van der Waals surface area contributed by atoms with Crippen molar-refractivity contribution >= 4 is 17.6 Å². The highest BCUT2D eigenvalue weighted by Crippen LogP contribution is 2.26. The van der Waals surface area contributed by atoms with Gasteiger partial charge < -0.3 is 15.3 Å². The van der Waals surface area contributed by atoms with Crippen LogP contribution >= 0.6 is 0 Å². The van der Waals surface area contributed by atoms with E-state index in [0.717, 1.165) is 6.42 Å². The summed E-state index contributed by atoms with van der Waals surface area (Å²) >= 11 is 0. The SMILES string of the molecule is CC(C)NC(=O)N1CC[C@@H](c2nnc3ccc(C(=O)O)cn23)C1. The second kappa shape index (κ2) is 5.86. The van der Waals surface area contributed by atoms with E-state index in [0.29, 0.717) is 24.6 Å². The average Bonchev–Trinajstić information content (AvgIpc) is 3.12. The van der Waals surface area contributed by atoms with Crippen molar-refractivity contribution in [2.75, 3.05) is 13.1 Å². The normalized spacial score (nSPS) is 17.9. The Morgan fingerprint density at radius 3 is 2.83 bits per heavy atom. The molecule has 2 aromatic rings. The molecule has 2 amide bonds. The van der Waals surface area contributed by atoms with Crippen LogP contribution in [0.15, 0.2) is 18.3 Å². The van der Waals surface area contributed by atoms with E-state index in [1.54, 1.807) is 15.4 Å². The van der Waals surface area contributed by atoms with Crippen LogP contribution in [0.5, 0.6) is 0 Å². The van der Waals surface area contributed by atoms with Crippen LogP contribution in [-0.2, 0) is 0 Å². The van der Waals surface area contributed by atoms with Gasteiger partial charge in [-0.3, -0.25) is 4.40 Å². The number of fused-ring (bicyclic) bond motifs is 1. The molecule has 0 aliphatic carbocycles. The van der Waals surface area contributed by atoms with E-state index in [1.807, 2.05) is 13.8 Å². The number of nitrogens with one attached hydrogen (secondary N) is 1. The van der Waals surface area contributed by atoms with Crippen molar-refractivity contribution in [3.05, 3.63) is 29.7 Å². The van der Waals surface area contributed by atoms with Crippen molar-refractivity contribution in [3.8, 4) is 0 Å². The zero-order chi connectivity index (χ0) is 16.6. The third kappa shape index (κ3) is 2.96. The lowest BCUT2D eigenvalue weighted by Crippen LogP contribution is -2.41. The molecule has 1 saturated heterocycles. The summed E-state index contributed by atoms with van der Waals surface area (Å²) in [5.41, 5.74) is 0.793. The number of carbonyl (C=O) groups excluding carboxylic acids is 1. The monoisotopic (exact) mass is 317 g/mol. The Balaban J connectivity index is 1.83. The molecule has 0 radical (unpaired) electrons. The summed E-state index contributed by atoms with van der Waals surface area (Å²) in [7, 11) is 0. The fourth-order valence-electron chi connectivity index (χ4n) is 2.81. The number of hydrogen-bond acceptors (Lipinski definition) is 4. The van der Waals surface area contributed by atoms with Gasteiger partial charge in [0.1, 0.15) is 5.82 Å². The maximum absolute atomic E-state index is 12.1. The number of aromatic carboxylic acids is 1. The number of carboxylic acids is 1. The number of carboxylic acid groups (broad SMARTS) is 1. The lowest BCUT2D eigenvalue weighted by molar-refractivity contribution is 0.0696. The molecule has 0 aromatic carbocycles. The number of amides is 2. The van der Waals surface area contributed by atoms with Gasteiger partial charge in [0, 0.05) is 31.2 Å². The number of urea groups is 1. The Kier molecular flexibility index (Phi) is 3.89. The van der Waals surface area contributed by atoms with Gasteiger partial charge in [0.25, 0.3) is 0 Å². The van der Waals surface area contributed by atoms with Gasteiger partial charge in [0.05, 0.1) is 5.56 Å². The lowest BCUT2D eigenvalue weighted by atomic mass is 10.1. The molecule has 122 valence electrons. The van der Waals surface area contributed by atoms with Crippen LogP contribution in [-0.4, -0.2) is 55.7 Å². The van der Waals surface area contributed by atoms with E-state index >= 15 is 0 Å². The molecule has 2 N–H and O–H groups in total. The third-order valence-corrected chi connectivity index (χ3v) is 3.93. The van der Waals surface area contributed by atoms with Crippen LogP contribution in [0.2, 0.25) is 0 Å². The summed E-state index contributed by atoms with van der Waals surface area (Å²) < 4.78 is 1.71. The molecule has 0 spiro atoms. The number of nitrogens with zero attached hydrogens (tertiary/aromatic N) is 4. The van der Waals surface area contributed by atoms with E-state index in [2.05, 4.69) is 15.5 Å². The highest BCUT2D eigenvalue weighted by atomic mass is 16.4. The van der Waals surface area contributed by atoms with Crippen molar-refractivity contribution < 1.29 is 14.7 Å². The number of aromatic nitrogens is 3. The molecule has 1 aliphatic rings. The number of pyridine rings is 1. The van der Waals surface area contributed by atoms with Crippen LogP contribution < -0.4 is 5.32 Å². The Morgan fingerprint density at radius 1 is 1.35 bits per heavy atom. The van der Waals surface area contributed by atoms with Gasteiger partial charge in [-0.15, -0.1) is 10.2 Å². The molecular formula is C15H19N5O3. The predicted molar refractivity (Wildman–Crippen MR) is 82.5 cm³/mol. The van der Waals surface area contributed by atoms with Crippen molar-refractivity contribution in [3.63, 3.8) is 0 Å². The maximum Gasteiger partial charge on any atom is 0.337 e. The summed E-state index contributed by atoms with van der Waals surface area (Å²) in [5.74, 6) is -0.245. The smallest absolute Gasteiger partial charge is 0.337 e. The first-order valence-electron chi connectivity index (χ1n) is 7.59. The summed E-state index contributed by atoms with van der Waals surface area (Å²) in [6.07, 6.45) is 2.31. The van der Waals surface area contributed by atoms with Gasteiger partial charge in [-0.1, -0.05) is 0 Å². The van der Waals surface area contributed by atoms with Gasteiger partial charge in [0.2, 0.25) is 0 Å². The molecule has 1 atom stereocenters. The Morgan fingerprint density at radius 2 is 2.13 bits per heavy atom. The first-order valence-corrected chi connectivity index (χ1v) is 7.59. The third-order valence-electron chi connectivity index (χ3n) is 3.93. The van der Waals surface area contributed by atoms with Crippen LogP contribution in [0.3, 0.4) is 0 Å². The number of rotatable bonds is 3. The van der Waals surface area contributed by atoms with Crippen LogP contribution in [0.4, 0.5) is 4.79 Å². The zero-order valence-corrected chi connectivity index (χ0v) is 13.1. The summed E-state index contributed by atoms with van der Waals surface area (Å²) in [6.45, 7) is 5.04. The molecule has 0 unspecified atom stereocenters. The van der Waals surface area contributed by atoms with Gasteiger partial charge in [-0.05, 0) is 32.4 Å². The molecule has 23 heavy (non-hydrogen) atoms. The van der Waals surface area contributed by atoms with E-state index in [-0.39, 0.29) is 23.6 Å². The fourth-order valence-corrected chi connectivity index (χ4v) is 2.81. The molecule has 2 aromatic heterocycles. The second-order valence-corrected chi connectivity index (χ2v) is 6.05. The minimum absolute atomic E-state index is 0.0481. The van der Waals surface area contributed by atoms with Gasteiger partial charge in [0.15, 0.2) is 5.65 Å². The molecular weight excluding hydrogens is 298 g/mol. The largest absolute Gasteiger partial charge is 0.478 e. The summed E-state index contributed by atoms with van der Waals surface area (Å²) in [6, 6.07) is 3.15. The van der Waals surface area contributed by atoms with E-state index in [1.165, 1.54) is 12.3 Å². The zero-order valence-electron chi connectivity index (χ0n) is 13.1. The van der Waals surface area contributed by atoms with Crippen molar-refractivity contribution in [1.29, 1.82) is 0 Å². The Bertz CT molecular complexity index is 755. The van der Waals surface area contributed by atoms with E-state index in [9.17, 15) is 9.59 Å². The maximum atomic E-state index is 12.1. The van der Waals surface area contributed by atoms with Crippen LogP contribution in [0.25, 0.3) is 5.65 Å². The van der Waals surface area contributed by atoms with E-state index < -0.39 is 5.97 Å². The second-order valence-electron chi connectivity index (χ2n) is 6.05. The molecule has 3 heterocycles. The first-order chi connectivity index (χ1) is 11.0. The van der Waals surface area contributed by atoms with Gasteiger partial charge >= 0.3 is 12.0 Å². The Labute approximate surface area is 133 Å². The Hall–Kier alpha value is -2.64.